The Labute approximate surface area is 170 Å². The predicted molar refractivity (Wildman–Crippen MR) is 110 cm³/mol. The van der Waals surface area contributed by atoms with E-state index in [2.05, 4.69) is 10.2 Å². The van der Waals surface area contributed by atoms with Crippen LogP contribution in [0, 0.1) is 12.7 Å². The van der Waals surface area contributed by atoms with Gasteiger partial charge in [0.1, 0.15) is 5.82 Å². The minimum absolute atomic E-state index is 0.00110. The van der Waals surface area contributed by atoms with E-state index in [-0.39, 0.29) is 18.8 Å². The molecule has 6 heteroatoms. The SMILES string of the molecule is Cc1cc(F)ccc1CCC(F)(Cl)c1ccc(N2CCNCC2)c(CCO)c1. The molecule has 1 saturated heterocycles. The molecule has 0 spiro atoms. The van der Waals surface area contributed by atoms with Gasteiger partial charge >= 0.3 is 0 Å². The lowest BCUT2D eigenvalue weighted by molar-refractivity contribution is 0.264. The van der Waals surface area contributed by atoms with Gasteiger partial charge in [-0.05, 0) is 60.7 Å². The molecule has 1 aliphatic rings. The number of halogens is 3. The highest BCUT2D eigenvalue weighted by molar-refractivity contribution is 6.22. The Morgan fingerprint density at radius 2 is 1.86 bits per heavy atom. The molecule has 28 heavy (non-hydrogen) atoms. The average molecular weight is 409 g/mol. The van der Waals surface area contributed by atoms with Gasteiger partial charge in [0.2, 0.25) is 5.13 Å². The second-order valence-corrected chi connectivity index (χ2v) is 7.93. The molecular formula is C22H27ClF2N2O. The number of benzene rings is 2. The molecule has 2 N–H and O–H groups in total. The highest BCUT2D eigenvalue weighted by Crippen LogP contribution is 2.38. The zero-order chi connectivity index (χ0) is 20.1. The molecule has 1 atom stereocenters. The van der Waals surface area contributed by atoms with E-state index in [1.54, 1.807) is 18.2 Å². The molecule has 0 amide bonds. The molecule has 0 bridgehead atoms. The lowest BCUT2D eigenvalue weighted by atomic mass is 9.96. The summed E-state index contributed by atoms with van der Waals surface area (Å²) in [5.74, 6) is -0.296. The van der Waals surface area contributed by atoms with Crippen molar-refractivity contribution in [3.8, 4) is 0 Å². The maximum Gasteiger partial charge on any atom is 0.209 e. The maximum absolute atomic E-state index is 15.3. The Balaban J connectivity index is 1.79. The summed E-state index contributed by atoms with van der Waals surface area (Å²) in [6, 6.07) is 9.94. The molecule has 0 saturated carbocycles. The maximum atomic E-state index is 15.3. The van der Waals surface area contributed by atoms with E-state index in [0.29, 0.717) is 18.4 Å². The summed E-state index contributed by atoms with van der Waals surface area (Å²) in [4.78, 5) is 2.25. The number of piperazine rings is 1. The van der Waals surface area contributed by atoms with Gasteiger partial charge in [-0.3, -0.25) is 0 Å². The smallest absolute Gasteiger partial charge is 0.209 e. The number of aliphatic hydroxyl groups is 1. The van der Waals surface area contributed by atoms with Crippen LogP contribution >= 0.6 is 11.6 Å². The number of hydrogen-bond donors (Lipinski definition) is 2. The van der Waals surface area contributed by atoms with Crippen LogP contribution in [0.1, 0.15) is 28.7 Å². The Morgan fingerprint density at radius 1 is 1.11 bits per heavy atom. The van der Waals surface area contributed by atoms with Crippen molar-refractivity contribution in [1.29, 1.82) is 0 Å². The van der Waals surface area contributed by atoms with Crippen LogP contribution in [-0.2, 0) is 18.0 Å². The molecule has 0 aromatic heterocycles. The Kier molecular flexibility index (Phi) is 6.91. The number of aryl methyl sites for hydroxylation is 2. The molecule has 2 aromatic carbocycles. The lowest BCUT2D eigenvalue weighted by Crippen LogP contribution is -2.44. The lowest BCUT2D eigenvalue weighted by Gasteiger charge is -2.32. The zero-order valence-corrected chi connectivity index (χ0v) is 16.9. The number of hydrogen-bond acceptors (Lipinski definition) is 3. The first kappa shape index (κ1) is 21.0. The van der Waals surface area contributed by atoms with E-state index in [0.717, 1.165) is 48.6 Å². The van der Waals surface area contributed by atoms with Crippen LogP contribution in [0.2, 0.25) is 0 Å². The quantitative estimate of drug-likeness (QED) is 0.678. The normalized spacial score (nSPS) is 16.8. The number of alkyl halides is 2. The van der Waals surface area contributed by atoms with Crippen molar-refractivity contribution >= 4 is 17.3 Å². The van der Waals surface area contributed by atoms with Crippen molar-refractivity contribution in [3.05, 3.63) is 64.5 Å². The third-order valence-corrected chi connectivity index (χ3v) is 5.76. The molecule has 152 valence electrons. The number of anilines is 1. The van der Waals surface area contributed by atoms with Crippen molar-refractivity contribution in [2.24, 2.45) is 0 Å². The number of nitrogens with one attached hydrogen (secondary N) is 1. The Hall–Kier alpha value is -1.69. The van der Waals surface area contributed by atoms with E-state index in [1.807, 2.05) is 13.0 Å². The standard InChI is InChI=1S/C22H27ClF2N2O/c1-16-14-20(24)4-2-17(16)6-8-22(23,25)19-3-5-21(18(15-19)7-13-28)27-11-9-26-10-12-27/h2-5,14-15,26,28H,6-13H2,1H3. The fourth-order valence-electron chi connectivity index (χ4n) is 3.72. The number of nitrogens with zero attached hydrogens (tertiary/aromatic N) is 1. The summed E-state index contributed by atoms with van der Waals surface area (Å²) in [5.41, 5.74) is 4.01. The summed E-state index contributed by atoms with van der Waals surface area (Å²) in [7, 11) is 0. The van der Waals surface area contributed by atoms with Gasteiger partial charge in [-0.1, -0.05) is 23.7 Å². The molecule has 3 nitrogen and oxygen atoms in total. The predicted octanol–water partition coefficient (Wildman–Crippen LogP) is 4.07. The fourth-order valence-corrected chi connectivity index (χ4v) is 3.94. The van der Waals surface area contributed by atoms with Crippen LogP contribution in [0.5, 0.6) is 0 Å². The monoisotopic (exact) mass is 408 g/mol. The first-order valence-corrected chi connectivity index (χ1v) is 10.1. The van der Waals surface area contributed by atoms with E-state index >= 15 is 4.39 Å². The van der Waals surface area contributed by atoms with Crippen LogP contribution in [0.3, 0.4) is 0 Å². The summed E-state index contributed by atoms with van der Waals surface area (Å²) < 4.78 is 28.6. The topological polar surface area (TPSA) is 35.5 Å². The molecule has 1 fully saturated rings. The van der Waals surface area contributed by atoms with Gasteiger partial charge in [0.25, 0.3) is 0 Å². The molecule has 0 aliphatic carbocycles. The number of aliphatic hydroxyl groups excluding tert-OH is 1. The molecule has 2 aromatic rings. The van der Waals surface area contributed by atoms with Crippen molar-refractivity contribution in [1.82, 2.24) is 5.32 Å². The highest BCUT2D eigenvalue weighted by atomic mass is 35.5. The highest BCUT2D eigenvalue weighted by Gasteiger charge is 2.30. The van der Waals surface area contributed by atoms with Crippen molar-refractivity contribution in [3.63, 3.8) is 0 Å². The van der Waals surface area contributed by atoms with Gasteiger partial charge in [0, 0.05) is 50.5 Å². The van der Waals surface area contributed by atoms with Gasteiger partial charge in [0.15, 0.2) is 0 Å². The molecule has 1 unspecified atom stereocenters. The van der Waals surface area contributed by atoms with Crippen LogP contribution in [0.15, 0.2) is 36.4 Å². The van der Waals surface area contributed by atoms with Gasteiger partial charge in [0.05, 0.1) is 0 Å². The molecule has 3 rings (SSSR count). The summed E-state index contributed by atoms with van der Waals surface area (Å²) in [6.07, 6.45) is 0.963. The van der Waals surface area contributed by atoms with Gasteiger partial charge < -0.3 is 15.3 Å². The van der Waals surface area contributed by atoms with Crippen LogP contribution in [-0.4, -0.2) is 37.9 Å². The zero-order valence-electron chi connectivity index (χ0n) is 16.1. The molecule has 0 radical (unpaired) electrons. The molecule has 1 heterocycles. The largest absolute Gasteiger partial charge is 0.396 e. The second kappa shape index (κ2) is 9.21. The second-order valence-electron chi connectivity index (χ2n) is 7.33. The fraction of sp³-hybridized carbons (Fsp3) is 0.455. The summed E-state index contributed by atoms with van der Waals surface area (Å²) >= 11 is 6.28. The third kappa shape index (κ3) is 5.02. The minimum Gasteiger partial charge on any atom is -0.396 e. The average Bonchev–Trinajstić information content (AvgIpc) is 2.68. The van der Waals surface area contributed by atoms with Crippen LogP contribution in [0.4, 0.5) is 14.5 Å². The Bertz CT molecular complexity index is 807. The van der Waals surface area contributed by atoms with Gasteiger partial charge in [-0.2, -0.15) is 0 Å². The van der Waals surface area contributed by atoms with Crippen LogP contribution in [0.25, 0.3) is 0 Å². The van der Waals surface area contributed by atoms with E-state index in [9.17, 15) is 9.50 Å². The molecule has 1 aliphatic heterocycles. The van der Waals surface area contributed by atoms with Crippen molar-refractivity contribution < 1.29 is 13.9 Å². The summed E-state index contributed by atoms with van der Waals surface area (Å²) in [5, 5.41) is 10.7. The van der Waals surface area contributed by atoms with E-state index < -0.39 is 5.13 Å². The minimum atomic E-state index is -2.02. The van der Waals surface area contributed by atoms with Crippen LogP contribution < -0.4 is 10.2 Å². The molecular weight excluding hydrogens is 382 g/mol. The van der Waals surface area contributed by atoms with E-state index in [1.165, 1.54) is 12.1 Å². The Morgan fingerprint density at radius 3 is 2.54 bits per heavy atom. The van der Waals surface area contributed by atoms with E-state index in [4.69, 9.17) is 11.6 Å². The van der Waals surface area contributed by atoms with Gasteiger partial charge in [-0.15, -0.1) is 0 Å². The third-order valence-electron chi connectivity index (χ3n) is 5.35. The first-order chi connectivity index (χ1) is 13.4. The van der Waals surface area contributed by atoms with Gasteiger partial charge in [-0.25, -0.2) is 8.78 Å². The van der Waals surface area contributed by atoms with Crippen molar-refractivity contribution in [2.75, 3.05) is 37.7 Å². The first-order valence-electron chi connectivity index (χ1n) is 9.73. The number of rotatable bonds is 7. The van der Waals surface area contributed by atoms with Crippen molar-refractivity contribution in [2.45, 2.75) is 31.3 Å². The summed E-state index contributed by atoms with van der Waals surface area (Å²) in [6.45, 7) is 5.37.